The van der Waals surface area contributed by atoms with Gasteiger partial charge < -0.3 is 10.2 Å². The van der Waals surface area contributed by atoms with Crippen LogP contribution in [0.15, 0.2) is 65.6 Å². The number of sulfonamides is 1. The smallest absolute Gasteiger partial charge is 0.264 e. The summed E-state index contributed by atoms with van der Waals surface area (Å²) in [5, 5.41) is 3.89. The normalized spacial score (nSPS) is 12.9. The van der Waals surface area contributed by atoms with E-state index in [0.717, 1.165) is 9.87 Å². The maximum absolute atomic E-state index is 14.0. The van der Waals surface area contributed by atoms with E-state index in [1.54, 1.807) is 31.2 Å². The second kappa shape index (κ2) is 14.1. The van der Waals surface area contributed by atoms with Crippen LogP contribution < -0.4 is 9.62 Å². The van der Waals surface area contributed by atoms with Crippen molar-refractivity contribution in [2.45, 2.75) is 57.6 Å². The quantitative estimate of drug-likeness (QED) is 0.237. The van der Waals surface area contributed by atoms with Crippen LogP contribution in [0.5, 0.6) is 0 Å². The number of anilines is 1. The van der Waals surface area contributed by atoms with Gasteiger partial charge in [0.25, 0.3) is 10.0 Å². The molecule has 41 heavy (non-hydrogen) atoms. The zero-order valence-corrected chi connectivity index (χ0v) is 26.8. The van der Waals surface area contributed by atoms with Gasteiger partial charge in [-0.3, -0.25) is 13.9 Å². The highest BCUT2D eigenvalue weighted by Crippen LogP contribution is 2.33. The average Bonchev–Trinajstić information content (AvgIpc) is 2.92. The number of halogens is 4. The van der Waals surface area contributed by atoms with E-state index in [0.29, 0.717) is 22.0 Å². The number of nitrogens with zero attached hydrogens (tertiary/aromatic N) is 2. The van der Waals surface area contributed by atoms with Crippen LogP contribution in [0.25, 0.3) is 0 Å². The zero-order chi connectivity index (χ0) is 30.5. The van der Waals surface area contributed by atoms with Gasteiger partial charge >= 0.3 is 0 Å². The monoisotopic (exact) mass is 657 g/mol. The molecule has 0 fully saturated rings. The first-order chi connectivity index (χ1) is 19.2. The maximum atomic E-state index is 14.0. The van der Waals surface area contributed by atoms with Crippen LogP contribution in [-0.4, -0.2) is 43.8 Å². The van der Waals surface area contributed by atoms with Gasteiger partial charge in [-0.15, -0.1) is 0 Å². The maximum Gasteiger partial charge on any atom is 0.264 e. The van der Waals surface area contributed by atoms with Crippen molar-refractivity contribution < 1.29 is 18.0 Å². The molecule has 0 bridgehead atoms. The second-order valence-electron chi connectivity index (χ2n) is 9.67. The van der Waals surface area contributed by atoms with E-state index in [2.05, 4.69) is 5.32 Å². The minimum atomic E-state index is -4.30. The van der Waals surface area contributed by atoms with E-state index in [-0.39, 0.29) is 33.2 Å². The molecule has 2 amide bonds. The Labute approximate surface area is 261 Å². The van der Waals surface area contributed by atoms with Crippen molar-refractivity contribution in [2.24, 2.45) is 0 Å². The molecule has 0 saturated heterocycles. The average molecular weight is 659 g/mol. The first kappa shape index (κ1) is 33.0. The van der Waals surface area contributed by atoms with Crippen LogP contribution >= 0.6 is 46.4 Å². The number of carbonyl (C=O) groups excluding carboxylic acids is 2. The van der Waals surface area contributed by atoms with E-state index in [4.69, 9.17) is 46.4 Å². The molecule has 0 heterocycles. The van der Waals surface area contributed by atoms with Gasteiger partial charge in [0.1, 0.15) is 12.6 Å². The van der Waals surface area contributed by atoms with E-state index in [9.17, 15) is 18.0 Å². The third-order valence-electron chi connectivity index (χ3n) is 6.59. The van der Waals surface area contributed by atoms with Gasteiger partial charge in [0.2, 0.25) is 11.8 Å². The van der Waals surface area contributed by atoms with E-state index >= 15 is 0 Å². The van der Waals surface area contributed by atoms with Gasteiger partial charge in [0.15, 0.2) is 0 Å². The van der Waals surface area contributed by atoms with Gasteiger partial charge in [-0.05, 0) is 75.2 Å². The van der Waals surface area contributed by atoms with E-state index in [1.807, 2.05) is 20.8 Å². The van der Waals surface area contributed by atoms with E-state index < -0.39 is 34.4 Å². The number of aryl methyl sites for hydroxylation is 1. The molecule has 1 N–H and O–H groups in total. The molecule has 0 spiro atoms. The largest absolute Gasteiger partial charge is 0.352 e. The molecule has 220 valence electrons. The Morgan fingerprint density at radius 2 is 1.49 bits per heavy atom. The number of benzene rings is 3. The van der Waals surface area contributed by atoms with Gasteiger partial charge in [0.05, 0.1) is 15.6 Å². The minimum Gasteiger partial charge on any atom is -0.352 e. The number of amides is 2. The fourth-order valence-electron chi connectivity index (χ4n) is 3.91. The predicted octanol–water partition coefficient (Wildman–Crippen LogP) is 7.14. The standard InChI is InChI=1S/C29H31Cl4N3O4S/c1-5-19(3)34-29(38)20(4)35(16-21-8-9-22(30)14-26(21)33)28(37)17-36(27-15-23(31)10-13-25(27)32)41(39,40)24-11-6-18(2)7-12-24/h6-15,19-20H,5,16-17H2,1-4H3,(H,34,38)/t19-,20+/m0/s1. The summed E-state index contributed by atoms with van der Waals surface area (Å²) in [6.07, 6.45) is 0.686. The van der Waals surface area contributed by atoms with Crippen LogP contribution in [0.4, 0.5) is 5.69 Å². The number of hydrogen-bond acceptors (Lipinski definition) is 4. The van der Waals surface area contributed by atoms with Crippen molar-refractivity contribution >= 4 is 73.9 Å². The van der Waals surface area contributed by atoms with Crippen molar-refractivity contribution in [1.29, 1.82) is 0 Å². The lowest BCUT2D eigenvalue weighted by Gasteiger charge is -2.33. The van der Waals surface area contributed by atoms with Crippen molar-refractivity contribution in [2.75, 3.05) is 10.8 Å². The number of hydrogen-bond donors (Lipinski definition) is 1. The highest BCUT2D eigenvalue weighted by molar-refractivity contribution is 7.92. The lowest BCUT2D eigenvalue weighted by molar-refractivity contribution is -0.139. The third kappa shape index (κ3) is 8.30. The first-order valence-corrected chi connectivity index (χ1v) is 15.8. The Morgan fingerprint density at radius 1 is 0.878 bits per heavy atom. The summed E-state index contributed by atoms with van der Waals surface area (Å²) < 4.78 is 28.8. The lowest BCUT2D eigenvalue weighted by atomic mass is 10.1. The molecule has 2 atom stereocenters. The Kier molecular flexibility index (Phi) is 11.4. The predicted molar refractivity (Wildman–Crippen MR) is 167 cm³/mol. The molecule has 7 nitrogen and oxygen atoms in total. The number of carbonyl (C=O) groups is 2. The molecule has 0 aliphatic rings. The minimum absolute atomic E-state index is 0.0225. The van der Waals surface area contributed by atoms with Gasteiger partial charge in [-0.1, -0.05) is 77.1 Å². The molecule has 3 aromatic carbocycles. The van der Waals surface area contributed by atoms with Gasteiger partial charge in [-0.25, -0.2) is 8.42 Å². The number of rotatable bonds is 11. The van der Waals surface area contributed by atoms with Crippen LogP contribution in [0.2, 0.25) is 20.1 Å². The summed E-state index contributed by atoms with van der Waals surface area (Å²) in [7, 11) is -4.30. The highest BCUT2D eigenvalue weighted by atomic mass is 35.5. The third-order valence-corrected chi connectivity index (χ3v) is 9.50. The molecule has 0 saturated carbocycles. The molecule has 3 rings (SSSR count). The van der Waals surface area contributed by atoms with Gasteiger partial charge in [-0.2, -0.15) is 0 Å². The molecule has 0 aromatic heterocycles. The van der Waals surface area contributed by atoms with Crippen molar-refractivity contribution in [3.8, 4) is 0 Å². The van der Waals surface area contributed by atoms with Crippen molar-refractivity contribution in [3.05, 3.63) is 91.9 Å². The lowest BCUT2D eigenvalue weighted by Crippen LogP contribution is -2.52. The molecule has 0 unspecified atom stereocenters. The SMILES string of the molecule is CC[C@H](C)NC(=O)[C@@H](C)N(Cc1ccc(Cl)cc1Cl)C(=O)CN(c1cc(Cl)ccc1Cl)S(=O)(=O)c1ccc(C)cc1. The summed E-state index contributed by atoms with van der Waals surface area (Å²) in [5.74, 6) is -1.05. The van der Waals surface area contributed by atoms with Crippen LogP contribution in [0, 0.1) is 6.92 Å². The van der Waals surface area contributed by atoms with Gasteiger partial charge in [0, 0.05) is 27.7 Å². The molecular formula is C29H31Cl4N3O4S. The summed E-state index contributed by atoms with van der Waals surface area (Å²) >= 11 is 25.1. The van der Waals surface area contributed by atoms with Crippen LogP contribution in [-0.2, 0) is 26.2 Å². The van der Waals surface area contributed by atoms with Crippen molar-refractivity contribution in [3.63, 3.8) is 0 Å². The number of nitrogens with one attached hydrogen (secondary N) is 1. The Morgan fingerprint density at radius 3 is 2.10 bits per heavy atom. The molecule has 3 aromatic rings. The molecule has 0 radical (unpaired) electrons. The highest BCUT2D eigenvalue weighted by Gasteiger charge is 2.34. The van der Waals surface area contributed by atoms with Crippen LogP contribution in [0.3, 0.4) is 0 Å². The Balaban J connectivity index is 2.09. The second-order valence-corrected chi connectivity index (χ2v) is 13.2. The van der Waals surface area contributed by atoms with Crippen molar-refractivity contribution in [1.82, 2.24) is 10.2 Å². The topological polar surface area (TPSA) is 86.8 Å². The molecule has 12 heteroatoms. The fraction of sp³-hybridized carbons (Fsp3) is 0.310. The summed E-state index contributed by atoms with van der Waals surface area (Å²) in [5.41, 5.74) is 1.41. The fourth-order valence-corrected chi connectivity index (χ4v) is 6.24. The summed E-state index contributed by atoms with van der Waals surface area (Å²) in [6, 6.07) is 14.3. The summed E-state index contributed by atoms with van der Waals surface area (Å²) in [6.45, 7) is 6.44. The molecule has 0 aliphatic carbocycles. The molecular weight excluding hydrogens is 628 g/mol. The Bertz CT molecular complexity index is 1520. The molecule has 0 aliphatic heterocycles. The first-order valence-electron chi connectivity index (χ1n) is 12.8. The summed E-state index contributed by atoms with van der Waals surface area (Å²) in [4.78, 5) is 28.4. The van der Waals surface area contributed by atoms with E-state index in [1.165, 1.54) is 41.3 Å². The van der Waals surface area contributed by atoms with Crippen LogP contribution in [0.1, 0.15) is 38.3 Å². The Hall–Kier alpha value is -2.49. The zero-order valence-electron chi connectivity index (χ0n) is 23.0.